The Labute approximate surface area is 124 Å². The van der Waals surface area contributed by atoms with Gasteiger partial charge in [-0.05, 0) is 29.8 Å². The second kappa shape index (κ2) is 6.06. The minimum Gasteiger partial charge on any atom is -0.354 e. The van der Waals surface area contributed by atoms with Crippen LogP contribution >= 0.6 is 11.6 Å². The predicted octanol–water partition coefficient (Wildman–Crippen LogP) is 5.17. The van der Waals surface area contributed by atoms with Gasteiger partial charge in [-0.2, -0.15) is 18.4 Å². The molecule has 0 fully saturated rings. The first-order chi connectivity index (χ1) is 9.91. The van der Waals surface area contributed by atoms with Gasteiger partial charge in [-0.15, -0.1) is 0 Å². The summed E-state index contributed by atoms with van der Waals surface area (Å²) < 4.78 is 38.2. The summed E-state index contributed by atoms with van der Waals surface area (Å²) in [6.07, 6.45) is -4.28. The summed E-state index contributed by atoms with van der Waals surface area (Å²) in [5.41, 5.74) is 0.609. The van der Waals surface area contributed by atoms with Crippen molar-refractivity contribution in [1.82, 2.24) is 0 Å². The van der Waals surface area contributed by atoms with Crippen LogP contribution in [0.25, 0.3) is 0 Å². The summed E-state index contributed by atoms with van der Waals surface area (Å²) in [6.45, 7) is 0. The Morgan fingerprint density at radius 3 is 2.48 bits per heavy atom. The SMILES string of the molecule is N#CCc1ccccc1Nc1cc(C(F)(F)F)ccc1Cl. The van der Waals surface area contributed by atoms with Crippen molar-refractivity contribution >= 4 is 23.0 Å². The van der Waals surface area contributed by atoms with Crippen LogP contribution in [0.1, 0.15) is 11.1 Å². The van der Waals surface area contributed by atoms with Crippen molar-refractivity contribution in [2.75, 3.05) is 5.32 Å². The lowest BCUT2D eigenvalue weighted by Gasteiger charge is -2.14. The quantitative estimate of drug-likeness (QED) is 0.849. The second-order valence-corrected chi connectivity index (χ2v) is 4.72. The van der Waals surface area contributed by atoms with Crippen molar-refractivity contribution in [3.8, 4) is 6.07 Å². The third kappa shape index (κ3) is 3.67. The molecule has 0 aromatic heterocycles. The summed E-state index contributed by atoms with van der Waals surface area (Å²) in [5.74, 6) is 0. The lowest BCUT2D eigenvalue weighted by atomic mass is 10.1. The van der Waals surface area contributed by atoms with E-state index < -0.39 is 11.7 Å². The van der Waals surface area contributed by atoms with Crippen LogP contribution in [0.15, 0.2) is 42.5 Å². The van der Waals surface area contributed by atoms with E-state index in [9.17, 15) is 13.2 Å². The molecule has 0 amide bonds. The van der Waals surface area contributed by atoms with Crippen LogP contribution < -0.4 is 5.32 Å². The van der Waals surface area contributed by atoms with E-state index >= 15 is 0 Å². The van der Waals surface area contributed by atoms with Gasteiger partial charge in [0, 0.05) is 5.69 Å². The summed E-state index contributed by atoms with van der Waals surface area (Å²) in [7, 11) is 0. The number of alkyl halides is 3. The summed E-state index contributed by atoms with van der Waals surface area (Å²) in [4.78, 5) is 0. The molecule has 0 bridgehead atoms. The van der Waals surface area contributed by atoms with Gasteiger partial charge < -0.3 is 5.32 Å². The fourth-order valence-corrected chi connectivity index (χ4v) is 1.99. The van der Waals surface area contributed by atoms with Crippen molar-refractivity contribution in [3.63, 3.8) is 0 Å². The smallest absolute Gasteiger partial charge is 0.354 e. The van der Waals surface area contributed by atoms with Gasteiger partial charge in [0.1, 0.15) is 0 Å². The van der Waals surface area contributed by atoms with Gasteiger partial charge in [0.25, 0.3) is 0 Å². The average molecular weight is 311 g/mol. The molecule has 0 spiro atoms. The van der Waals surface area contributed by atoms with Crippen molar-refractivity contribution < 1.29 is 13.2 Å². The summed E-state index contributed by atoms with van der Waals surface area (Å²) in [5, 5.41) is 11.8. The number of hydrogen-bond acceptors (Lipinski definition) is 2. The van der Waals surface area contributed by atoms with Gasteiger partial charge in [0.15, 0.2) is 0 Å². The van der Waals surface area contributed by atoms with Gasteiger partial charge in [0.05, 0.1) is 28.8 Å². The van der Waals surface area contributed by atoms with E-state index in [2.05, 4.69) is 5.32 Å². The van der Waals surface area contributed by atoms with E-state index in [0.29, 0.717) is 11.3 Å². The molecule has 2 aromatic carbocycles. The van der Waals surface area contributed by atoms with Crippen LogP contribution in [0.5, 0.6) is 0 Å². The van der Waals surface area contributed by atoms with E-state index in [-0.39, 0.29) is 17.1 Å². The molecule has 0 atom stereocenters. The van der Waals surface area contributed by atoms with Gasteiger partial charge in [-0.25, -0.2) is 0 Å². The molecule has 0 saturated carbocycles. The lowest BCUT2D eigenvalue weighted by Crippen LogP contribution is -2.06. The minimum absolute atomic E-state index is 0.150. The second-order valence-electron chi connectivity index (χ2n) is 4.31. The number of anilines is 2. The molecule has 1 N–H and O–H groups in total. The van der Waals surface area contributed by atoms with Crippen molar-refractivity contribution in [3.05, 3.63) is 58.6 Å². The van der Waals surface area contributed by atoms with E-state index in [1.807, 2.05) is 6.07 Å². The van der Waals surface area contributed by atoms with Crippen molar-refractivity contribution in [2.45, 2.75) is 12.6 Å². The zero-order valence-electron chi connectivity index (χ0n) is 10.7. The minimum atomic E-state index is -4.44. The van der Waals surface area contributed by atoms with Gasteiger partial charge in [-0.1, -0.05) is 29.8 Å². The Kier molecular flexibility index (Phi) is 4.39. The number of halogens is 4. The maximum atomic E-state index is 12.7. The van der Waals surface area contributed by atoms with Crippen LogP contribution in [0.2, 0.25) is 5.02 Å². The summed E-state index contributed by atoms with van der Waals surface area (Å²) in [6, 6.07) is 12.0. The highest BCUT2D eigenvalue weighted by Gasteiger charge is 2.31. The molecule has 0 saturated heterocycles. The molecule has 0 unspecified atom stereocenters. The number of rotatable bonds is 3. The molecule has 2 nitrogen and oxygen atoms in total. The molecule has 2 rings (SSSR count). The maximum Gasteiger partial charge on any atom is 0.416 e. The van der Waals surface area contributed by atoms with Crippen LogP contribution in [0, 0.1) is 11.3 Å². The van der Waals surface area contributed by atoms with Crippen LogP contribution in [0.3, 0.4) is 0 Å². The van der Waals surface area contributed by atoms with Crippen molar-refractivity contribution in [1.29, 1.82) is 5.26 Å². The molecule has 108 valence electrons. The zero-order valence-corrected chi connectivity index (χ0v) is 11.5. The molecule has 0 aliphatic heterocycles. The highest BCUT2D eigenvalue weighted by Crippen LogP contribution is 2.35. The third-order valence-electron chi connectivity index (χ3n) is 2.85. The number of benzene rings is 2. The van der Waals surface area contributed by atoms with Gasteiger partial charge >= 0.3 is 6.18 Å². The number of nitriles is 1. The number of hydrogen-bond donors (Lipinski definition) is 1. The van der Waals surface area contributed by atoms with E-state index in [4.69, 9.17) is 16.9 Å². The Bertz CT molecular complexity index is 690. The highest BCUT2D eigenvalue weighted by molar-refractivity contribution is 6.33. The molecule has 0 radical (unpaired) electrons. The van der Waals surface area contributed by atoms with E-state index in [0.717, 1.165) is 12.1 Å². The topological polar surface area (TPSA) is 35.8 Å². The highest BCUT2D eigenvalue weighted by atomic mass is 35.5. The first kappa shape index (κ1) is 15.2. The Hall–Kier alpha value is -2.19. The average Bonchev–Trinajstić information content (AvgIpc) is 2.42. The standard InChI is InChI=1S/C15H10ClF3N2/c16-12-6-5-11(15(17,18)19)9-14(12)21-13-4-2-1-3-10(13)7-8-20/h1-6,9,21H,7H2. The van der Waals surface area contributed by atoms with Gasteiger partial charge in [-0.3, -0.25) is 0 Å². The van der Waals surface area contributed by atoms with E-state index in [1.54, 1.807) is 24.3 Å². The number of nitrogens with one attached hydrogen (secondary N) is 1. The van der Waals surface area contributed by atoms with Gasteiger partial charge in [0.2, 0.25) is 0 Å². The first-order valence-corrected chi connectivity index (χ1v) is 6.38. The molecular weight excluding hydrogens is 301 g/mol. The van der Waals surface area contributed by atoms with Crippen molar-refractivity contribution in [2.24, 2.45) is 0 Å². The molecule has 2 aromatic rings. The molecule has 0 aliphatic rings. The normalized spacial score (nSPS) is 11.0. The van der Waals surface area contributed by atoms with Crippen LogP contribution in [-0.2, 0) is 12.6 Å². The Balaban J connectivity index is 2.38. The predicted molar refractivity (Wildman–Crippen MR) is 75.5 cm³/mol. The fraction of sp³-hybridized carbons (Fsp3) is 0.133. The zero-order chi connectivity index (χ0) is 15.5. The monoisotopic (exact) mass is 310 g/mol. The third-order valence-corrected chi connectivity index (χ3v) is 3.18. The lowest BCUT2D eigenvalue weighted by molar-refractivity contribution is -0.137. The first-order valence-electron chi connectivity index (χ1n) is 6.00. The molecule has 0 heterocycles. The fourth-order valence-electron chi connectivity index (χ4n) is 1.82. The van der Waals surface area contributed by atoms with Crippen LogP contribution in [-0.4, -0.2) is 0 Å². The largest absolute Gasteiger partial charge is 0.416 e. The summed E-state index contributed by atoms with van der Waals surface area (Å²) >= 11 is 5.93. The molecule has 0 aliphatic carbocycles. The molecular formula is C15H10ClF3N2. The Morgan fingerprint density at radius 2 is 1.81 bits per heavy atom. The molecule has 21 heavy (non-hydrogen) atoms. The number of para-hydroxylation sites is 1. The number of nitrogens with zero attached hydrogens (tertiary/aromatic N) is 1. The van der Waals surface area contributed by atoms with Crippen LogP contribution in [0.4, 0.5) is 24.5 Å². The maximum absolute atomic E-state index is 12.7. The van der Waals surface area contributed by atoms with E-state index in [1.165, 1.54) is 6.07 Å². The Morgan fingerprint density at radius 1 is 1.10 bits per heavy atom. The molecule has 6 heteroatoms.